The quantitative estimate of drug-likeness (QED) is 0.823. The number of anilines is 1. The summed E-state index contributed by atoms with van der Waals surface area (Å²) in [4.78, 5) is 25.1. The Bertz CT molecular complexity index is 811. The van der Waals surface area contributed by atoms with Crippen molar-refractivity contribution in [3.05, 3.63) is 65.2 Å². The maximum atomic E-state index is 12.7. The van der Waals surface area contributed by atoms with Gasteiger partial charge in [-0.2, -0.15) is 0 Å². The molecule has 2 amide bonds. The van der Waals surface area contributed by atoms with Gasteiger partial charge in [0.25, 0.3) is 11.8 Å². The smallest absolute Gasteiger partial charge is 0.255 e. The van der Waals surface area contributed by atoms with Gasteiger partial charge in [0, 0.05) is 22.9 Å². The zero-order valence-corrected chi connectivity index (χ0v) is 15.0. The molecule has 0 heterocycles. The Kier molecular flexibility index (Phi) is 4.49. The van der Waals surface area contributed by atoms with Crippen LogP contribution in [0.15, 0.2) is 48.5 Å². The highest BCUT2D eigenvalue weighted by atomic mass is 16.2. The number of nitrogens with one attached hydrogen (secondary N) is 2. The van der Waals surface area contributed by atoms with E-state index >= 15 is 0 Å². The van der Waals surface area contributed by atoms with E-state index in [2.05, 4.69) is 10.6 Å². The topological polar surface area (TPSA) is 58.2 Å². The average molecular weight is 348 g/mol. The number of benzene rings is 2. The van der Waals surface area contributed by atoms with E-state index in [9.17, 15) is 9.59 Å². The predicted octanol–water partition coefficient (Wildman–Crippen LogP) is 4.17. The van der Waals surface area contributed by atoms with Crippen LogP contribution in [0.1, 0.15) is 52.0 Å². The van der Waals surface area contributed by atoms with E-state index in [1.807, 2.05) is 37.3 Å². The van der Waals surface area contributed by atoms with Crippen LogP contribution in [0.3, 0.4) is 0 Å². The second kappa shape index (κ2) is 6.94. The minimum atomic E-state index is -0.167. The fourth-order valence-corrected chi connectivity index (χ4v) is 3.45. The number of hydrogen-bond acceptors (Lipinski definition) is 2. The minimum absolute atomic E-state index is 0.0380. The molecule has 2 aliphatic rings. The van der Waals surface area contributed by atoms with Crippen LogP contribution in [0.2, 0.25) is 0 Å². The summed E-state index contributed by atoms with van der Waals surface area (Å²) in [5, 5.41) is 6.16. The monoisotopic (exact) mass is 348 g/mol. The van der Waals surface area contributed by atoms with Crippen molar-refractivity contribution in [2.75, 3.05) is 5.32 Å². The van der Waals surface area contributed by atoms with Crippen LogP contribution in [0.4, 0.5) is 5.69 Å². The molecule has 0 spiro atoms. The zero-order valence-electron chi connectivity index (χ0n) is 15.0. The van der Waals surface area contributed by atoms with Crippen molar-refractivity contribution in [2.45, 2.75) is 38.6 Å². The largest absolute Gasteiger partial charge is 0.349 e. The number of carbonyl (C=O) groups excluding carboxylic acids is 2. The van der Waals surface area contributed by atoms with Crippen molar-refractivity contribution in [2.24, 2.45) is 11.8 Å². The summed E-state index contributed by atoms with van der Waals surface area (Å²) in [6.45, 7) is 1.93. The molecule has 134 valence electrons. The highest BCUT2D eigenvalue weighted by Crippen LogP contribution is 2.44. The standard InChI is InChI=1S/C22H24N2O2/c1-14-7-8-18(22(26)24-20(15-9-10-15)16-11-12-16)13-19(14)23-21(25)17-5-3-2-4-6-17/h2-8,13,15-16,20H,9-12H2,1H3,(H,23,25)(H,24,26). The van der Waals surface area contributed by atoms with Gasteiger partial charge in [-0.15, -0.1) is 0 Å². The molecule has 0 atom stereocenters. The molecule has 0 aromatic heterocycles. The van der Waals surface area contributed by atoms with Gasteiger partial charge in [0.1, 0.15) is 0 Å². The second-order valence-electron chi connectivity index (χ2n) is 7.52. The summed E-state index contributed by atoms with van der Waals surface area (Å²) in [7, 11) is 0. The van der Waals surface area contributed by atoms with Gasteiger partial charge in [-0.05, 0) is 74.3 Å². The lowest BCUT2D eigenvalue weighted by molar-refractivity contribution is 0.0925. The summed E-state index contributed by atoms with van der Waals surface area (Å²) in [5.74, 6) is 1.12. The Morgan fingerprint density at radius 1 is 0.885 bits per heavy atom. The molecule has 2 aromatic rings. The molecule has 0 radical (unpaired) electrons. The lowest BCUT2D eigenvalue weighted by Crippen LogP contribution is -2.38. The maximum Gasteiger partial charge on any atom is 0.255 e. The average Bonchev–Trinajstić information content (AvgIpc) is 3.56. The lowest BCUT2D eigenvalue weighted by atomic mass is 10.1. The summed E-state index contributed by atoms with van der Waals surface area (Å²) in [5.41, 5.74) is 2.82. The molecule has 4 heteroatoms. The Morgan fingerprint density at radius 3 is 2.15 bits per heavy atom. The van der Waals surface area contributed by atoms with E-state index in [1.165, 1.54) is 25.7 Å². The van der Waals surface area contributed by atoms with Crippen molar-refractivity contribution in [1.29, 1.82) is 0 Å². The normalized spacial score (nSPS) is 16.4. The van der Waals surface area contributed by atoms with E-state index < -0.39 is 0 Å². The summed E-state index contributed by atoms with van der Waals surface area (Å²) in [6, 6.07) is 14.9. The second-order valence-corrected chi connectivity index (χ2v) is 7.52. The molecule has 0 unspecified atom stereocenters. The number of rotatable bonds is 6. The lowest BCUT2D eigenvalue weighted by Gasteiger charge is -2.18. The van der Waals surface area contributed by atoms with Gasteiger partial charge in [-0.1, -0.05) is 24.3 Å². The first kappa shape index (κ1) is 16.8. The van der Waals surface area contributed by atoms with Crippen LogP contribution < -0.4 is 10.6 Å². The molecule has 4 nitrogen and oxygen atoms in total. The first-order chi connectivity index (χ1) is 12.6. The zero-order chi connectivity index (χ0) is 18.1. The molecule has 4 rings (SSSR count). The van der Waals surface area contributed by atoms with E-state index in [0.717, 1.165) is 5.56 Å². The first-order valence-electron chi connectivity index (χ1n) is 9.40. The third-order valence-electron chi connectivity index (χ3n) is 5.34. The van der Waals surface area contributed by atoms with Gasteiger partial charge in [0.15, 0.2) is 0 Å². The SMILES string of the molecule is Cc1ccc(C(=O)NC(C2CC2)C2CC2)cc1NC(=O)c1ccccc1. The van der Waals surface area contributed by atoms with Crippen LogP contribution >= 0.6 is 0 Å². The summed E-state index contributed by atoms with van der Waals surface area (Å²) in [6.07, 6.45) is 4.92. The van der Waals surface area contributed by atoms with Crippen molar-refractivity contribution in [3.8, 4) is 0 Å². The van der Waals surface area contributed by atoms with Crippen LogP contribution in [-0.4, -0.2) is 17.9 Å². The molecular weight excluding hydrogens is 324 g/mol. The van der Waals surface area contributed by atoms with Crippen molar-refractivity contribution < 1.29 is 9.59 Å². The van der Waals surface area contributed by atoms with E-state index in [4.69, 9.17) is 0 Å². The number of aryl methyl sites for hydroxylation is 1. The van der Waals surface area contributed by atoms with Gasteiger partial charge in [0.05, 0.1) is 0 Å². The molecule has 0 bridgehead atoms. The van der Waals surface area contributed by atoms with Crippen LogP contribution in [0.5, 0.6) is 0 Å². The van der Waals surface area contributed by atoms with Crippen LogP contribution in [-0.2, 0) is 0 Å². The summed E-state index contributed by atoms with van der Waals surface area (Å²) < 4.78 is 0. The van der Waals surface area contributed by atoms with Gasteiger partial charge in [-0.25, -0.2) is 0 Å². The molecule has 0 aliphatic heterocycles. The Hall–Kier alpha value is -2.62. The van der Waals surface area contributed by atoms with Gasteiger partial charge in [0.2, 0.25) is 0 Å². The van der Waals surface area contributed by atoms with Gasteiger partial charge >= 0.3 is 0 Å². The molecule has 2 aromatic carbocycles. The molecule has 0 saturated heterocycles. The molecular formula is C22H24N2O2. The third-order valence-corrected chi connectivity index (χ3v) is 5.34. The van der Waals surface area contributed by atoms with Crippen LogP contribution in [0.25, 0.3) is 0 Å². The number of amides is 2. The molecule has 2 aliphatic carbocycles. The van der Waals surface area contributed by atoms with Gasteiger partial charge in [-0.3, -0.25) is 9.59 Å². The van der Waals surface area contributed by atoms with Crippen molar-refractivity contribution >= 4 is 17.5 Å². The Labute approximate surface area is 154 Å². The van der Waals surface area contributed by atoms with E-state index in [0.29, 0.717) is 34.7 Å². The fourth-order valence-electron chi connectivity index (χ4n) is 3.45. The maximum absolute atomic E-state index is 12.7. The van der Waals surface area contributed by atoms with Crippen molar-refractivity contribution in [3.63, 3.8) is 0 Å². The predicted molar refractivity (Wildman–Crippen MR) is 102 cm³/mol. The van der Waals surface area contributed by atoms with E-state index in [-0.39, 0.29) is 11.8 Å². The first-order valence-corrected chi connectivity index (χ1v) is 9.40. The minimum Gasteiger partial charge on any atom is -0.349 e. The molecule has 2 saturated carbocycles. The van der Waals surface area contributed by atoms with E-state index in [1.54, 1.807) is 18.2 Å². The third kappa shape index (κ3) is 3.79. The molecule has 26 heavy (non-hydrogen) atoms. The Balaban J connectivity index is 1.48. The molecule has 2 fully saturated rings. The Morgan fingerprint density at radius 2 is 1.54 bits per heavy atom. The number of hydrogen-bond donors (Lipinski definition) is 2. The van der Waals surface area contributed by atoms with Crippen molar-refractivity contribution in [1.82, 2.24) is 5.32 Å². The highest BCUT2D eigenvalue weighted by molar-refractivity contribution is 6.05. The van der Waals surface area contributed by atoms with Gasteiger partial charge < -0.3 is 10.6 Å². The number of carbonyl (C=O) groups is 2. The highest BCUT2D eigenvalue weighted by Gasteiger charge is 2.42. The summed E-state index contributed by atoms with van der Waals surface area (Å²) >= 11 is 0. The molecule has 2 N–H and O–H groups in total. The van der Waals surface area contributed by atoms with Crippen LogP contribution in [0, 0.1) is 18.8 Å². The fraction of sp³-hybridized carbons (Fsp3) is 0.364.